The van der Waals surface area contributed by atoms with Crippen LogP contribution in [0.4, 0.5) is 10.5 Å². The van der Waals surface area contributed by atoms with Crippen molar-refractivity contribution >= 4 is 35.0 Å². The van der Waals surface area contributed by atoms with Crippen LogP contribution in [0.3, 0.4) is 0 Å². The molecule has 15 heavy (non-hydrogen) atoms. The van der Waals surface area contributed by atoms with E-state index in [0.717, 1.165) is 12.0 Å². The molecule has 1 amide bonds. The zero-order valence-corrected chi connectivity index (χ0v) is 9.42. The summed E-state index contributed by atoms with van der Waals surface area (Å²) in [6.07, 6.45) is 0.407. The van der Waals surface area contributed by atoms with Gasteiger partial charge in [-0.05, 0) is 30.5 Å². The van der Waals surface area contributed by atoms with Crippen molar-refractivity contribution in [1.82, 2.24) is 0 Å². The van der Waals surface area contributed by atoms with Crippen LogP contribution in [0.25, 0.3) is 0 Å². The molecule has 1 rings (SSSR count). The Labute approximate surface area is 98.0 Å². The zero-order valence-electron chi connectivity index (χ0n) is 7.91. The molecule has 0 spiro atoms. The van der Waals surface area contributed by atoms with Gasteiger partial charge in [0.25, 0.3) is 0 Å². The summed E-state index contributed by atoms with van der Waals surface area (Å²) in [5.41, 5.74) is 1.64. The molecule has 3 nitrogen and oxygen atoms in total. The van der Waals surface area contributed by atoms with E-state index in [1.807, 2.05) is 12.1 Å². The first-order valence-corrected chi connectivity index (χ1v) is 5.32. The quantitative estimate of drug-likeness (QED) is 0.801. The van der Waals surface area contributed by atoms with Crippen molar-refractivity contribution in [2.75, 3.05) is 5.32 Å². The molecule has 0 aliphatic carbocycles. The molecule has 0 radical (unpaired) electrons. The maximum Gasteiger partial charge on any atom is 0.409 e. The second-order valence-corrected chi connectivity index (χ2v) is 4.33. The molecule has 0 heterocycles. The van der Waals surface area contributed by atoms with Crippen molar-refractivity contribution in [3.63, 3.8) is 0 Å². The average Bonchev–Trinajstić information content (AvgIpc) is 2.16. The molecular formula is C10H11Cl2NO2. The molecule has 0 fully saturated rings. The number of benzene rings is 1. The monoisotopic (exact) mass is 247 g/mol. The van der Waals surface area contributed by atoms with Crippen molar-refractivity contribution < 1.29 is 9.90 Å². The lowest BCUT2D eigenvalue weighted by atomic mass is 10.1. The van der Waals surface area contributed by atoms with Crippen LogP contribution < -0.4 is 5.32 Å². The van der Waals surface area contributed by atoms with Gasteiger partial charge in [-0.1, -0.05) is 12.1 Å². The molecule has 5 heteroatoms. The summed E-state index contributed by atoms with van der Waals surface area (Å²) in [5.74, 6) is 0. The van der Waals surface area contributed by atoms with Crippen LogP contribution in [0, 0.1) is 0 Å². The SMILES string of the molecule is O=C(O)Nc1ccc(CCC(Cl)Cl)cc1. The Morgan fingerprint density at radius 3 is 2.40 bits per heavy atom. The van der Waals surface area contributed by atoms with E-state index in [-0.39, 0.29) is 4.84 Å². The predicted molar refractivity (Wildman–Crippen MR) is 61.9 cm³/mol. The number of carboxylic acid groups (broad SMARTS) is 1. The summed E-state index contributed by atoms with van der Waals surface area (Å²) in [7, 11) is 0. The summed E-state index contributed by atoms with van der Waals surface area (Å²) in [6, 6.07) is 7.12. The Balaban J connectivity index is 2.52. The van der Waals surface area contributed by atoms with E-state index in [2.05, 4.69) is 5.32 Å². The summed E-state index contributed by atoms with van der Waals surface area (Å²) in [6.45, 7) is 0. The largest absolute Gasteiger partial charge is 0.465 e. The molecule has 0 atom stereocenters. The number of anilines is 1. The third kappa shape index (κ3) is 4.91. The lowest BCUT2D eigenvalue weighted by Gasteiger charge is -2.04. The van der Waals surface area contributed by atoms with Crippen LogP contribution in [0.5, 0.6) is 0 Å². The number of alkyl halides is 2. The van der Waals surface area contributed by atoms with Crippen molar-refractivity contribution in [2.45, 2.75) is 17.7 Å². The Hall–Kier alpha value is -0.930. The van der Waals surface area contributed by atoms with Gasteiger partial charge in [0.1, 0.15) is 4.84 Å². The number of carbonyl (C=O) groups is 1. The second-order valence-electron chi connectivity index (χ2n) is 3.06. The molecule has 82 valence electrons. The van der Waals surface area contributed by atoms with E-state index in [1.165, 1.54) is 0 Å². The van der Waals surface area contributed by atoms with Gasteiger partial charge in [-0.25, -0.2) is 4.79 Å². The van der Waals surface area contributed by atoms with E-state index in [9.17, 15) is 4.79 Å². The summed E-state index contributed by atoms with van der Waals surface area (Å²) < 4.78 is 0. The van der Waals surface area contributed by atoms with E-state index in [0.29, 0.717) is 12.1 Å². The lowest BCUT2D eigenvalue weighted by molar-refractivity contribution is 0.210. The zero-order chi connectivity index (χ0) is 11.3. The summed E-state index contributed by atoms with van der Waals surface area (Å²) in [4.78, 5) is 9.96. The van der Waals surface area contributed by atoms with Crippen molar-refractivity contribution in [1.29, 1.82) is 0 Å². The topological polar surface area (TPSA) is 49.3 Å². The maximum atomic E-state index is 10.3. The summed E-state index contributed by atoms with van der Waals surface area (Å²) >= 11 is 11.2. The fraction of sp³-hybridized carbons (Fsp3) is 0.300. The molecular weight excluding hydrogens is 237 g/mol. The van der Waals surface area contributed by atoms with Crippen LogP contribution in [0.15, 0.2) is 24.3 Å². The first-order valence-electron chi connectivity index (χ1n) is 4.45. The highest BCUT2D eigenvalue weighted by Gasteiger charge is 2.01. The van der Waals surface area contributed by atoms with Gasteiger partial charge in [-0.2, -0.15) is 0 Å². The van der Waals surface area contributed by atoms with Crippen LogP contribution in [0.1, 0.15) is 12.0 Å². The first kappa shape index (κ1) is 12.1. The highest BCUT2D eigenvalue weighted by atomic mass is 35.5. The number of hydrogen-bond acceptors (Lipinski definition) is 1. The third-order valence-corrected chi connectivity index (χ3v) is 2.29. The highest BCUT2D eigenvalue weighted by Crippen LogP contribution is 2.14. The minimum absolute atomic E-state index is 0.359. The molecule has 0 aliphatic heterocycles. The minimum Gasteiger partial charge on any atom is -0.465 e. The average molecular weight is 248 g/mol. The fourth-order valence-electron chi connectivity index (χ4n) is 1.15. The Morgan fingerprint density at radius 1 is 1.33 bits per heavy atom. The van der Waals surface area contributed by atoms with Gasteiger partial charge in [-0.15, -0.1) is 23.2 Å². The number of halogens is 2. The molecule has 2 N–H and O–H groups in total. The van der Waals surface area contributed by atoms with Gasteiger partial charge in [-0.3, -0.25) is 5.32 Å². The number of hydrogen-bond donors (Lipinski definition) is 2. The third-order valence-electron chi connectivity index (χ3n) is 1.86. The van der Waals surface area contributed by atoms with Crippen LogP contribution in [0.2, 0.25) is 0 Å². The van der Waals surface area contributed by atoms with Crippen LogP contribution in [-0.4, -0.2) is 16.0 Å². The number of rotatable bonds is 4. The standard InChI is InChI=1S/C10H11Cl2NO2/c11-9(12)6-3-7-1-4-8(5-2-7)13-10(14)15/h1-2,4-5,9,13H,3,6H2,(H,14,15). The molecule has 0 aliphatic rings. The van der Waals surface area contributed by atoms with Crippen molar-refractivity contribution in [3.05, 3.63) is 29.8 Å². The number of amides is 1. The van der Waals surface area contributed by atoms with Crippen LogP contribution in [-0.2, 0) is 6.42 Å². The van der Waals surface area contributed by atoms with Gasteiger partial charge in [0, 0.05) is 5.69 Å². The Kier molecular flexibility index (Phi) is 4.72. The van der Waals surface area contributed by atoms with Gasteiger partial charge >= 0.3 is 6.09 Å². The lowest BCUT2D eigenvalue weighted by Crippen LogP contribution is -2.06. The van der Waals surface area contributed by atoms with E-state index in [4.69, 9.17) is 28.3 Å². The predicted octanol–water partition coefficient (Wildman–Crippen LogP) is 3.51. The maximum absolute atomic E-state index is 10.3. The minimum atomic E-state index is -1.07. The van der Waals surface area contributed by atoms with E-state index >= 15 is 0 Å². The van der Waals surface area contributed by atoms with Gasteiger partial charge in [0.05, 0.1) is 0 Å². The molecule has 0 aromatic heterocycles. The normalized spacial score (nSPS) is 10.3. The van der Waals surface area contributed by atoms with E-state index in [1.54, 1.807) is 12.1 Å². The Bertz CT molecular complexity index is 325. The van der Waals surface area contributed by atoms with Gasteiger partial charge < -0.3 is 5.11 Å². The van der Waals surface area contributed by atoms with E-state index < -0.39 is 6.09 Å². The second kappa shape index (κ2) is 5.83. The smallest absolute Gasteiger partial charge is 0.409 e. The molecule has 1 aromatic carbocycles. The molecule has 0 saturated heterocycles. The number of aryl methyl sites for hydroxylation is 1. The number of nitrogens with one attached hydrogen (secondary N) is 1. The van der Waals surface area contributed by atoms with Gasteiger partial charge in [0.15, 0.2) is 0 Å². The first-order chi connectivity index (χ1) is 7.08. The molecule has 0 bridgehead atoms. The fourth-order valence-corrected chi connectivity index (χ4v) is 1.37. The molecule has 0 saturated carbocycles. The van der Waals surface area contributed by atoms with Crippen LogP contribution >= 0.6 is 23.2 Å². The molecule has 0 unspecified atom stereocenters. The van der Waals surface area contributed by atoms with Gasteiger partial charge in [0.2, 0.25) is 0 Å². The van der Waals surface area contributed by atoms with Crippen molar-refractivity contribution in [3.8, 4) is 0 Å². The Morgan fingerprint density at radius 2 is 1.93 bits per heavy atom. The molecule has 1 aromatic rings. The summed E-state index contributed by atoms with van der Waals surface area (Å²) in [5, 5.41) is 10.7. The highest BCUT2D eigenvalue weighted by molar-refractivity contribution is 6.44. The van der Waals surface area contributed by atoms with Crippen molar-refractivity contribution in [2.24, 2.45) is 0 Å².